The smallest absolute Gasteiger partial charge is 0.310 e. The molecular formula is C15H17NO2S. The van der Waals surface area contributed by atoms with Gasteiger partial charge in [-0.05, 0) is 26.3 Å². The molecule has 0 aliphatic carbocycles. The molecule has 19 heavy (non-hydrogen) atoms. The van der Waals surface area contributed by atoms with Gasteiger partial charge in [0.25, 0.3) is 0 Å². The topological polar surface area (TPSA) is 50.2 Å². The van der Waals surface area contributed by atoms with E-state index in [2.05, 4.69) is 37.0 Å². The van der Waals surface area contributed by atoms with Gasteiger partial charge in [-0.15, -0.1) is 11.3 Å². The number of carbonyl (C=O) groups is 1. The minimum Gasteiger partial charge on any atom is -0.481 e. The first-order valence-corrected chi connectivity index (χ1v) is 7.00. The summed E-state index contributed by atoms with van der Waals surface area (Å²) in [5.41, 5.74) is 4.71. The predicted octanol–water partition coefficient (Wildman–Crippen LogP) is 3.29. The van der Waals surface area contributed by atoms with Gasteiger partial charge in [-0.2, -0.15) is 0 Å². The second kappa shape index (κ2) is 5.53. The number of thiazole rings is 1. The highest BCUT2D eigenvalue weighted by Gasteiger charge is 2.11. The fourth-order valence-electron chi connectivity index (χ4n) is 2.21. The fourth-order valence-corrected chi connectivity index (χ4v) is 3.31. The van der Waals surface area contributed by atoms with Crippen molar-refractivity contribution in [2.45, 2.75) is 33.6 Å². The summed E-state index contributed by atoms with van der Waals surface area (Å²) < 4.78 is 0. The summed E-state index contributed by atoms with van der Waals surface area (Å²) in [5, 5.41) is 9.48. The predicted molar refractivity (Wildman–Crippen MR) is 76.9 cm³/mol. The highest BCUT2D eigenvalue weighted by Crippen LogP contribution is 2.23. The molecule has 0 fully saturated rings. The van der Waals surface area contributed by atoms with E-state index in [1.807, 2.05) is 6.92 Å². The monoisotopic (exact) mass is 275 g/mol. The Morgan fingerprint density at radius 2 is 1.84 bits per heavy atom. The molecule has 0 spiro atoms. The maximum Gasteiger partial charge on any atom is 0.310 e. The lowest BCUT2D eigenvalue weighted by atomic mass is 10.0. The van der Waals surface area contributed by atoms with E-state index in [9.17, 15) is 4.79 Å². The summed E-state index contributed by atoms with van der Waals surface area (Å²) in [6, 6.07) is 6.49. The van der Waals surface area contributed by atoms with E-state index >= 15 is 0 Å². The van der Waals surface area contributed by atoms with Crippen LogP contribution in [0.4, 0.5) is 0 Å². The van der Waals surface area contributed by atoms with Gasteiger partial charge >= 0.3 is 5.97 Å². The zero-order valence-electron chi connectivity index (χ0n) is 11.4. The van der Waals surface area contributed by atoms with Gasteiger partial charge in [0.15, 0.2) is 0 Å². The van der Waals surface area contributed by atoms with Gasteiger partial charge in [-0.1, -0.05) is 29.3 Å². The average molecular weight is 275 g/mol. The molecule has 2 rings (SSSR count). The molecule has 0 atom stereocenters. The molecule has 0 bridgehead atoms. The van der Waals surface area contributed by atoms with Crippen LogP contribution in [0.5, 0.6) is 0 Å². The van der Waals surface area contributed by atoms with E-state index in [0.717, 1.165) is 17.0 Å². The number of carboxylic acid groups (broad SMARTS) is 1. The van der Waals surface area contributed by atoms with Gasteiger partial charge < -0.3 is 5.11 Å². The first kappa shape index (κ1) is 13.7. The zero-order chi connectivity index (χ0) is 14.0. The molecule has 3 nitrogen and oxygen atoms in total. The zero-order valence-corrected chi connectivity index (χ0v) is 12.2. The minimum atomic E-state index is -0.827. The van der Waals surface area contributed by atoms with Crippen LogP contribution in [-0.2, 0) is 17.6 Å². The molecule has 0 aliphatic rings. The quantitative estimate of drug-likeness (QED) is 0.931. The number of carboxylic acids is 1. The van der Waals surface area contributed by atoms with Crippen molar-refractivity contribution in [3.63, 3.8) is 0 Å². The summed E-state index contributed by atoms with van der Waals surface area (Å²) in [4.78, 5) is 16.2. The number of hydrogen-bond acceptors (Lipinski definition) is 3. The first-order chi connectivity index (χ1) is 8.94. The van der Waals surface area contributed by atoms with Gasteiger partial charge in [-0.25, -0.2) is 4.98 Å². The summed E-state index contributed by atoms with van der Waals surface area (Å²) in [7, 11) is 0. The van der Waals surface area contributed by atoms with Crippen molar-refractivity contribution in [3.8, 4) is 0 Å². The molecule has 4 heteroatoms. The molecule has 1 aromatic heterocycles. The van der Waals surface area contributed by atoms with E-state index in [0.29, 0.717) is 5.01 Å². The average Bonchev–Trinajstić information content (AvgIpc) is 2.56. The highest BCUT2D eigenvalue weighted by atomic mass is 32.1. The molecule has 100 valence electrons. The summed E-state index contributed by atoms with van der Waals surface area (Å²) in [6.07, 6.45) is 0.837. The van der Waals surface area contributed by atoms with E-state index in [1.165, 1.54) is 28.0 Å². The van der Waals surface area contributed by atoms with E-state index in [1.54, 1.807) is 0 Å². The van der Waals surface area contributed by atoms with Gasteiger partial charge in [0, 0.05) is 11.3 Å². The Labute approximate surface area is 116 Å². The van der Waals surface area contributed by atoms with Gasteiger partial charge in [0.1, 0.15) is 5.01 Å². The van der Waals surface area contributed by atoms with E-state index in [-0.39, 0.29) is 6.42 Å². The van der Waals surface area contributed by atoms with Crippen molar-refractivity contribution in [2.75, 3.05) is 0 Å². The van der Waals surface area contributed by atoms with Crippen LogP contribution >= 0.6 is 11.3 Å². The Balaban J connectivity index is 2.23. The molecule has 0 saturated carbocycles. The minimum absolute atomic E-state index is 0.0123. The molecule has 1 heterocycles. The number of hydrogen-bond donors (Lipinski definition) is 1. The summed E-state index contributed by atoms with van der Waals surface area (Å²) in [5.74, 6) is -0.827. The molecule has 0 saturated heterocycles. The standard InChI is InChI=1S/C15H17NO2S/c1-9-4-10(2)6-12(5-9)7-13-11(3)16-14(19-13)8-15(17)18/h4-6H,7-8H2,1-3H3,(H,17,18). The number of aryl methyl sites for hydroxylation is 3. The largest absolute Gasteiger partial charge is 0.481 e. The Kier molecular flexibility index (Phi) is 4.00. The van der Waals surface area contributed by atoms with Gasteiger partial charge in [0.05, 0.1) is 12.1 Å². The van der Waals surface area contributed by atoms with Crippen molar-refractivity contribution >= 4 is 17.3 Å². The molecule has 1 N–H and O–H groups in total. The van der Waals surface area contributed by atoms with E-state index < -0.39 is 5.97 Å². The van der Waals surface area contributed by atoms with Crippen LogP contribution in [0, 0.1) is 20.8 Å². The van der Waals surface area contributed by atoms with Crippen molar-refractivity contribution in [1.82, 2.24) is 4.98 Å². The number of rotatable bonds is 4. The molecule has 1 aromatic carbocycles. The second-order valence-electron chi connectivity index (χ2n) is 4.86. The van der Waals surface area contributed by atoms with Crippen molar-refractivity contribution in [3.05, 3.63) is 50.5 Å². The third-order valence-electron chi connectivity index (χ3n) is 2.89. The Hall–Kier alpha value is -1.68. The molecular weight excluding hydrogens is 258 g/mol. The number of benzene rings is 1. The van der Waals surface area contributed by atoms with Crippen LogP contribution in [0.1, 0.15) is 32.3 Å². The summed E-state index contributed by atoms with van der Waals surface area (Å²) in [6.45, 7) is 6.12. The number of aliphatic carboxylic acids is 1. The van der Waals surface area contributed by atoms with Gasteiger partial charge in [-0.3, -0.25) is 4.79 Å². The van der Waals surface area contributed by atoms with Crippen LogP contribution in [0.3, 0.4) is 0 Å². The summed E-state index contributed by atoms with van der Waals surface area (Å²) >= 11 is 1.50. The molecule has 0 aliphatic heterocycles. The maximum atomic E-state index is 10.7. The van der Waals surface area contributed by atoms with Crippen LogP contribution < -0.4 is 0 Å². The Morgan fingerprint density at radius 3 is 2.42 bits per heavy atom. The lowest BCUT2D eigenvalue weighted by molar-refractivity contribution is -0.136. The van der Waals surface area contributed by atoms with E-state index in [4.69, 9.17) is 5.11 Å². The molecule has 0 amide bonds. The van der Waals surface area contributed by atoms with Crippen LogP contribution in [-0.4, -0.2) is 16.1 Å². The van der Waals surface area contributed by atoms with Crippen LogP contribution in [0.2, 0.25) is 0 Å². The van der Waals surface area contributed by atoms with Gasteiger partial charge in [0.2, 0.25) is 0 Å². The Bertz CT molecular complexity index is 596. The number of nitrogens with zero attached hydrogens (tertiary/aromatic N) is 1. The first-order valence-electron chi connectivity index (χ1n) is 6.18. The van der Waals surface area contributed by atoms with Crippen molar-refractivity contribution in [2.24, 2.45) is 0 Å². The maximum absolute atomic E-state index is 10.7. The SMILES string of the molecule is Cc1cc(C)cc(Cc2sc(CC(=O)O)nc2C)c1. The normalized spacial score (nSPS) is 10.7. The lowest BCUT2D eigenvalue weighted by Crippen LogP contribution is -1.98. The molecule has 0 unspecified atom stereocenters. The van der Waals surface area contributed by atoms with Crippen LogP contribution in [0.15, 0.2) is 18.2 Å². The Morgan fingerprint density at radius 1 is 1.21 bits per heavy atom. The fraction of sp³-hybridized carbons (Fsp3) is 0.333. The third kappa shape index (κ3) is 3.64. The molecule has 2 aromatic rings. The highest BCUT2D eigenvalue weighted by molar-refractivity contribution is 7.11. The van der Waals surface area contributed by atoms with Crippen molar-refractivity contribution < 1.29 is 9.90 Å². The van der Waals surface area contributed by atoms with Crippen molar-refractivity contribution in [1.29, 1.82) is 0 Å². The van der Waals surface area contributed by atoms with Crippen LogP contribution in [0.25, 0.3) is 0 Å². The second-order valence-corrected chi connectivity index (χ2v) is 6.03. The number of aromatic nitrogens is 1. The lowest BCUT2D eigenvalue weighted by Gasteiger charge is -2.04. The molecule has 0 radical (unpaired) electrons. The third-order valence-corrected chi connectivity index (χ3v) is 4.04.